The lowest BCUT2D eigenvalue weighted by atomic mass is 9.99. The van der Waals surface area contributed by atoms with Crippen molar-refractivity contribution in [1.29, 1.82) is 0 Å². The summed E-state index contributed by atoms with van der Waals surface area (Å²) in [6.07, 6.45) is 4.18. The molecule has 2 N–H and O–H groups in total. The molecule has 0 bridgehead atoms. The van der Waals surface area contributed by atoms with E-state index in [0.717, 1.165) is 41.9 Å². The molecular formula is C24H30N3O2S+. The van der Waals surface area contributed by atoms with Gasteiger partial charge in [-0.25, -0.2) is 0 Å². The van der Waals surface area contributed by atoms with Gasteiger partial charge in [0.15, 0.2) is 12.3 Å². The molecule has 1 amide bonds. The molecule has 0 saturated carbocycles. The molecule has 0 radical (unpaired) electrons. The van der Waals surface area contributed by atoms with E-state index in [9.17, 15) is 4.79 Å². The maximum atomic E-state index is 12.7. The Kier molecular flexibility index (Phi) is 6.87. The van der Waals surface area contributed by atoms with Crippen molar-refractivity contribution in [2.75, 3.05) is 29.9 Å². The second-order valence-electron chi connectivity index (χ2n) is 8.20. The fraction of sp³-hybridized carbons (Fsp3) is 0.375. The molecule has 158 valence electrons. The summed E-state index contributed by atoms with van der Waals surface area (Å²) in [5.74, 6) is 1.74. The van der Waals surface area contributed by atoms with E-state index in [0.29, 0.717) is 13.1 Å². The average Bonchev–Trinajstić information content (AvgIpc) is 3.43. The normalized spacial score (nSPS) is 15.8. The van der Waals surface area contributed by atoms with Crippen LogP contribution in [0.1, 0.15) is 30.4 Å². The van der Waals surface area contributed by atoms with Crippen molar-refractivity contribution in [2.24, 2.45) is 5.92 Å². The number of nitrogens with one attached hydrogen (secondary N) is 2. The number of quaternary nitrogens is 1. The fourth-order valence-corrected chi connectivity index (χ4v) is 4.74. The van der Waals surface area contributed by atoms with Crippen molar-refractivity contribution < 1.29 is 14.1 Å². The van der Waals surface area contributed by atoms with Gasteiger partial charge in [0.05, 0.1) is 11.1 Å². The molecule has 3 heterocycles. The Labute approximate surface area is 182 Å². The molecular weight excluding hydrogens is 394 g/mol. The molecule has 0 aliphatic carbocycles. The molecule has 6 heteroatoms. The van der Waals surface area contributed by atoms with E-state index >= 15 is 0 Å². The number of rotatable bonds is 8. The summed E-state index contributed by atoms with van der Waals surface area (Å²) in [5, 5.41) is 5.14. The Morgan fingerprint density at radius 2 is 1.93 bits per heavy atom. The summed E-state index contributed by atoms with van der Waals surface area (Å²) < 4.78 is 5.51. The van der Waals surface area contributed by atoms with Crippen LogP contribution in [-0.4, -0.2) is 25.5 Å². The molecule has 1 fully saturated rings. The van der Waals surface area contributed by atoms with Gasteiger partial charge in [-0.2, -0.15) is 0 Å². The molecule has 2 aromatic heterocycles. The van der Waals surface area contributed by atoms with Crippen LogP contribution in [0.15, 0.2) is 64.6 Å². The van der Waals surface area contributed by atoms with Crippen LogP contribution in [0.4, 0.5) is 11.4 Å². The lowest BCUT2D eigenvalue weighted by Gasteiger charge is -2.32. The maximum Gasteiger partial charge on any atom is 0.279 e. The maximum absolute atomic E-state index is 12.7. The molecule has 1 aliphatic heterocycles. The van der Waals surface area contributed by atoms with E-state index in [1.807, 2.05) is 24.3 Å². The van der Waals surface area contributed by atoms with Gasteiger partial charge in [-0.15, -0.1) is 11.3 Å². The number of anilines is 2. The SMILES string of the molecule is CC1CCN(c2ccc(NC(=O)C[NH+](Cc3ccco3)Cc3cccs3)cc2)CC1. The van der Waals surface area contributed by atoms with Crippen molar-refractivity contribution in [1.82, 2.24) is 0 Å². The summed E-state index contributed by atoms with van der Waals surface area (Å²) in [6.45, 7) is 6.43. The number of furan rings is 1. The van der Waals surface area contributed by atoms with E-state index in [1.165, 1.54) is 23.4 Å². The van der Waals surface area contributed by atoms with Gasteiger partial charge in [-0.3, -0.25) is 4.79 Å². The van der Waals surface area contributed by atoms with Gasteiger partial charge in [0.25, 0.3) is 5.91 Å². The van der Waals surface area contributed by atoms with Gasteiger partial charge in [-0.05, 0) is 66.6 Å². The minimum Gasteiger partial charge on any atom is -0.463 e. The van der Waals surface area contributed by atoms with Crippen LogP contribution in [0.25, 0.3) is 0 Å². The molecule has 1 atom stereocenters. The van der Waals surface area contributed by atoms with Gasteiger partial charge in [0, 0.05) is 24.5 Å². The molecule has 1 saturated heterocycles. The zero-order chi connectivity index (χ0) is 20.8. The van der Waals surface area contributed by atoms with E-state index in [4.69, 9.17) is 4.42 Å². The molecule has 30 heavy (non-hydrogen) atoms. The highest BCUT2D eigenvalue weighted by Gasteiger charge is 2.19. The lowest BCUT2D eigenvalue weighted by Crippen LogP contribution is -3.10. The molecule has 0 spiro atoms. The van der Waals surface area contributed by atoms with Gasteiger partial charge in [0.1, 0.15) is 13.1 Å². The van der Waals surface area contributed by atoms with Crippen LogP contribution in [-0.2, 0) is 17.9 Å². The number of hydrogen-bond donors (Lipinski definition) is 2. The highest BCUT2D eigenvalue weighted by atomic mass is 32.1. The van der Waals surface area contributed by atoms with E-state index in [-0.39, 0.29) is 5.91 Å². The van der Waals surface area contributed by atoms with Crippen molar-refractivity contribution >= 4 is 28.6 Å². The number of amides is 1. The first-order valence-corrected chi connectivity index (χ1v) is 11.6. The first kappa shape index (κ1) is 20.7. The number of thiophene rings is 1. The van der Waals surface area contributed by atoms with Crippen LogP contribution in [0.2, 0.25) is 0 Å². The molecule has 1 aromatic carbocycles. The van der Waals surface area contributed by atoms with Crippen molar-refractivity contribution in [2.45, 2.75) is 32.9 Å². The van der Waals surface area contributed by atoms with Crippen molar-refractivity contribution in [3.63, 3.8) is 0 Å². The molecule has 1 unspecified atom stereocenters. The van der Waals surface area contributed by atoms with Crippen LogP contribution >= 0.6 is 11.3 Å². The Morgan fingerprint density at radius 1 is 1.13 bits per heavy atom. The first-order valence-electron chi connectivity index (χ1n) is 10.7. The van der Waals surface area contributed by atoms with Gasteiger partial charge < -0.3 is 19.5 Å². The predicted molar refractivity (Wildman–Crippen MR) is 122 cm³/mol. The Bertz CT molecular complexity index is 862. The number of carbonyl (C=O) groups excluding carboxylic acids is 1. The molecule has 4 rings (SSSR count). The smallest absolute Gasteiger partial charge is 0.279 e. The summed E-state index contributed by atoms with van der Waals surface area (Å²) in [6, 6.07) is 16.3. The van der Waals surface area contributed by atoms with Gasteiger partial charge >= 0.3 is 0 Å². The Balaban J connectivity index is 1.34. The van der Waals surface area contributed by atoms with E-state index in [1.54, 1.807) is 17.6 Å². The fourth-order valence-electron chi connectivity index (χ4n) is 3.96. The quantitative estimate of drug-likeness (QED) is 0.578. The third-order valence-corrected chi connectivity index (χ3v) is 6.60. The minimum absolute atomic E-state index is 0.0210. The van der Waals surface area contributed by atoms with Gasteiger partial charge in [0.2, 0.25) is 0 Å². The number of benzene rings is 1. The summed E-state index contributed by atoms with van der Waals surface area (Å²) in [7, 11) is 0. The zero-order valence-corrected chi connectivity index (χ0v) is 18.3. The first-order chi connectivity index (χ1) is 14.7. The monoisotopic (exact) mass is 424 g/mol. The van der Waals surface area contributed by atoms with Crippen molar-refractivity contribution in [3.8, 4) is 0 Å². The van der Waals surface area contributed by atoms with Crippen LogP contribution in [0.5, 0.6) is 0 Å². The summed E-state index contributed by atoms with van der Waals surface area (Å²) in [4.78, 5) is 17.6. The van der Waals surface area contributed by atoms with E-state index < -0.39 is 0 Å². The predicted octanol–water partition coefficient (Wildman–Crippen LogP) is 3.80. The number of hydrogen-bond acceptors (Lipinski definition) is 4. The molecule has 3 aromatic rings. The number of carbonyl (C=O) groups is 1. The van der Waals surface area contributed by atoms with E-state index in [2.05, 4.69) is 46.8 Å². The topological polar surface area (TPSA) is 49.9 Å². The van der Waals surface area contributed by atoms with Gasteiger partial charge in [-0.1, -0.05) is 13.0 Å². The average molecular weight is 425 g/mol. The molecule has 1 aliphatic rings. The van der Waals surface area contributed by atoms with Crippen LogP contribution in [0, 0.1) is 5.92 Å². The zero-order valence-electron chi connectivity index (χ0n) is 17.5. The standard InChI is InChI=1S/C24H29N3O2S/c1-19-10-12-27(13-11-19)21-8-6-20(7-9-21)25-24(28)18-26(16-22-4-2-14-29-22)17-23-5-3-15-30-23/h2-9,14-15,19H,10-13,16-18H2,1H3,(H,25,28)/p+1. The van der Waals surface area contributed by atoms with Crippen LogP contribution < -0.4 is 15.1 Å². The summed E-state index contributed by atoms with van der Waals surface area (Å²) in [5.41, 5.74) is 2.09. The van der Waals surface area contributed by atoms with Crippen molar-refractivity contribution in [3.05, 3.63) is 70.8 Å². The number of nitrogens with zero attached hydrogens (tertiary/aromatic N) is 1. The highest BCUT2D eigenvalue weighted by Crippen LogP contribution is 2.24. The second-order valence-corrected chi connectivity index (χ2v) is 9.24. The Hall–Kier alpha value is -2.57. The largest absolute Gasteiger partial charge is 0.463 e. The minimum atomic E-state index is 0.0210. The molecule has 5 nitrogen and oxygen atoms in total. The van der Waals surface area contributed by atoms with Crippen LogP contribution in [0.3, 0.4) is 0 Å². The Morgan fingerprint density at radius 3 is 2.60 bits per heavy atom. The highest BCUT2D eigenvalue weighted by molar-refractivity contribution is 7.09. The second kappa shape index (κ2) is 9.96. The number of piperidine rings is 1. The summed E-state index contributed by atoms with van der Waals surface area (Å²) >= 11 is 1.72. The third-order valence-electron chi connectivity index (χ3n) is 5.72. The third kappa shape index (κ3) is 5.74. The lowest BCUT2D eigenvalue weighted by molar-refractivity contribution is -0.920.